The van der Waals surface area contributed by atoms with Crippen molar-refractivity contribution in [2.24, 2.45) is 46.3 Å². The van der Waals surface area contributed by atoms with Gasteiger partial charge in [0.25, 0.3) is 0 Å². The third-order valence-electron chi connectivity index (χ3n) is 12.9. The average molecular weight is 619 g/mol. The van der Waals surface area contributed by atoms with Gasteiger partial charge in [0.1, 0.15) is 12.2 Å². The summed E-state index contributed by atoms with van der Waals surface area (Å²) < 4.78 is 17.4. The molecule has 1 saturated heterocycles. The Balaban J connectivity index is 1.29. The number of fused-ring (bicyclic) bond motifs is 5. The lowest BCUT2D eigenvalue weighted by atomic mass is 9.46. The number of hydrogen-bond acceptors (Lipinski definition) is 8. The summed E-state index contributed by atoms with van der Waals surface area (Å²) in [6.07, 6.45) is 2.85. The van der Waals surface area contributed by atoms with Crippen LogP contribution in [-0.4, -0.2) is 75.4 Å². The lowest BCUT2D eigenvalue weighted by Crippen LogP contribution is -2.60. The van der Waals surface area contributed by atoms with Gasteiger partial charge in [-0.1, -0.05) is 58.4 Å². The number of carbonyl (C=O) groups is 1. The van der Waals surface area contributed by atoms with Crippen LogP contribution in [-0.2, 0) is 19.0 Å². The van der Waals surface area contributed by atoms with Crippen LogP contribution in [0.15, 0.2) is 23.8 Å². The lowest BCUT2D eigenvalue weighted by molar-refractivity contribution is -0.307. The van der Waals surface area contributed by atoms with Gasteiger partial charge in [0, 0.05) is 6.92 Å². The standard InChI is InChI=1S/C36H58O8/c1-18(2)19(3)9-10-20(4)29-27(38)16-26-25-12-11-23-15-24(13-14-35(23,7)30(25)28(39)17-36(26,29)8)44-34-32(41)33(43-22(6)37)31(40)21(5)42-34/h11,18,20-21,24-34,38-41H,3,9-10,12-17H2,1-2,4-8H3/t20-,21+,24+,25+,26+,27+,28-,29+,30-,31-,32+,33-,34+,35+,36+/m1/s1. The Kier molecular flexibility index (Phi) is 9.85. The van der Waals surface area contributed by atoms with Crippen LogP contribution >= 0.6 is 0 Å². The molecule has 8 heteroatoms. The molecule has 4 fully saturated rings. The van der Waals surface area contributed by atoms with Crippen LogP contribution in [0.5, 0.6) is 0 Å². The molecule has 0 bridgehead atoms. The van der Waals surface area contributed by atoms with Crippen LogP contribution in [0.1, 0.15) is 99.8 Å². The van der Waals surface area contributed by atoms with E-state index in [1.807, 2.05) is 0 Å². The summed E-state index contributed by atoms with van der Waals surface area (Å²) in [5, 5.41) is 44.8. The molecule has 4 N–H and O–H groups in total. The highest BCUT2D eigenvalue weighted by atomic mass is 16.7. The van der Waals surface area contributed by atoms with Crippen molar-refractivity contribution in [1.29, 1.82) is 0 Å². The van der Waals surface area contributed by atoms with Crippen molar-refractivity contribution in [2.45, 2.75) is 149 Å². The monoisotopic (exact) mass is 618 g/mol. The van der Waals surface area contributed by atoms with Crippen LogP contribution in [0.2, 0.25) is 0 Å². The molecule has 0 aromatic carbocycles. The fourth-order valence-electron chi connectivity index (χ4n) is 10.5. The van der Waals surface area contributed by atoms with Crippen LogP contribution in [0.25, 0.3) is 0 Å². The first-order chi connectivity index (χ1) is 20.6. The molecule has 250 valence electrons. The van der Waals surface area contributed by atoms with Gasteiger partial charge in [-0.05, 0) is 105 Å². The van der Waals surface area contributed by atoms with E-state index >= 15 is 0 Å². The number of ether oxygens (including phenoxy) is 3. The molecule has 0 aromatic rings. The van der Waals surface area contributed by atoms with E-state index in [9.17, 15) is 25.2 Å². The van der Waals surface area contributed by atoms with Crippen molar-refractivity contribution in [1.82, 2.24) is 0 Å². The fraction of sp³-hybridized carbons (Fsp3) is 0.861. The minimum atomic E-state index is -1.30. The summed E-state index contributed by atoms with van der Waals surface area (Å²) >= 11 is 0. The maximum absolute atomic E-state index is 11.9. The van der Waals surface area contributed by atoms with Crippen molar-refractivity contribution < 1.29 is 39.4 Å². The molecule has 0 aromatic heterocycles. The Morgan fingerprint density at radius 1 is 1.14 bits per heavy atom. The van der Waals surface area contributed by atoms with Gasteiger partial charge in [0.2, 0.25) is 0 Å². The first kappa shape index (κ1) is 34.1. The summed E-state index contributed by atoms with van der Waals surface area (Å²) in [4.78, 5) is 11.6. The SMILES string of the molecule is C=C(CC[C@@H](C)[C@H]1[C@@H](O)C[C@H]2[C@@H]3CC=C4C[C@@H](O[C@@H]5O[C@@H](C)[C@@H](O)[C@@H](OC(C)=O)[C@@H]5O)CC[C@]4(C)[C@H]3[C@H](O)C[C@]12C)C(C)C. The number of rotatable bonds is 8. The number of hydrogen-bond donors (Lipinski definition) is 4. The quantitative estimate of drug-likeness (QED) is 0.223. The molecule has 15 atom stereocenters. The van der Waals surface area contributed by atoms with Crippen molar-refractivity contribution in [3.05, 3.63) is 23.8 Å². The molecule has 4 aliphatic carbocycles. The van der Waals surface area contributed by atoms with Crippen molar-refractivity contribution in [3.63, 3.8) is 0 Å². The third-order valence-corrected chi connectivity index (χ3v) is 12.9. The predicted octanol–water partition coefficient (Wildman–Crippen LogP) is 4.92. The molecule has 0 radical (unpaired) electrons. The number of aliphatic hydroxyl groups is 4. The zero-order chi connectivity index (χ0) is 32.3. The molecule has 3 saturated carbocycles. The maximum atomic E-state index is 11.9. The van der Waals surface area contributed by atoms with Crippen molar-refractivity contribution >= 4 is 5.97 Å². The second kappa shape index (κ2) is 12.7. The summed E-state index contributed by atoms with van der Waals surface area (Å²) in [5.74, 6) is 1.24. The fourth-order valence-corrected chi connectivity index (χ4v) is 10.5. The van der Waals surface area contributed by atoms with Gasteiger partial charge < -0.3 is 34.6 Å². The maximum Gasteiger partial charge on any atom is 0.303 e. The van der Waals surface area contributed by atoms with Crippen LogP contribution in [0, 0.1) is 46.3 Å². The normalized spacial score (nSPS) is 47.7. The molecule has 44 heavy (non-hydrogen) atoms. The molecule has 1 aliphatic heterocycles. The van der Waals surface area contributed by atoms with Crippen LogP contribution in [0.3, 0.4) is 0 Å². The minimum absolute atomic E-state index is 0.102. The van der Waals surface area contributed by atoms with Crippen LogP contribution in [0.4, 0.5) is 0 Å². The zero-order valence-corrected chi connectivity index (χ0v) is 27.9. The van der Waals surface area contributed by atoms with Gasteiger partial charge in [-0.25, -0.2) is 0 Å². The number of allylic oxidation sites excluding steroid dienone is 2. The Bertz CT molecular complexity index is 1100. The Labute approximate surface area is 264 Å². The number of aliphatic hydroxyl groups excluding tert-OH is 4. The minimum Gasteiger partial charge on any atom is -0.457 e. The second-order valence-corrected chi connectivity index (χ2v) is 15.9. The summed E-state index contributed by atoms with van der Waals surface area (Å²) in [6, 6.07) is 0. The molecule has 0 unspecified atom stereocenters. The van der Waals surface area contributed by atoms with E-state index in [4.69, 9.17) is 14.2 Å². The molecular weight excluding hydrogens is 560 g/mol. The van der Waals surface area contributed by atoms with E-state index in [2.05, 4.69) is 47.3 Å². The van der Waals surface area contributed by atoms with E-state index in [0.29, 0.717) is 30.1 Å². The largest absolute Gasteiger partial charge is 0.457 e. The van der Waals surface area contributed by atoms with E-state index in [-0.39, 0.29) is 34.9 Å². The van der Waals surface area contributed by atoms with Crippen molar-refractivity contribution in [2.75, 3.05) is 0 Å². The number of esters is 1. The number of carbonyl (C=O) groups excluding carboxylic acids is 1. The van der Waals surface area contributed by atoms with Gasteiger partial charge in [0.05, 0.1) is 24.4 Å². The summed E-state index contributed by atoms with van der Waals surface area (Å²) in [6.45, 7) is 18.5. The van der Waals surface area contributed by atoms with E-state index < -0.39 is 42.8 Å². The lowest BCUT2D eigenvalue weighted by Gasteiger charge is -2.60. The second-order valence-electron chi connectivity index (χ2n) is 15.9. The highest BCUT2D eigenvalue weighted by Crippen LogP contribution is 2.67. The molecule has 8 nitrogen and oxygen atoms in total. The molecular formula is C36H58O8. The average Bonchev–Trinajstić information content (AvgIpc) is 3.21. The van der Waals surface area contributed by atoms with Gasteiger partial charge in [-0.15, -0.1) is 0 Å². The molecule has 0 amide bonds. The smallest absolute Gasteiger partial charge is 0.303 e. The highest BCUT2D eigenvalue weighted by Gasteiger charge is 2.64. The molecule has 5 aliphatic rings. The topological polar surface area (TPSA) is 126 Å². The first-order valence-corrected chi connectivity index (χ1v) is 17.2. The van der Waals surface area contributed by atoms with Gasteiger partial charge in [0.15, 0.2) is 12.4 Å². The van der Waals surface area contributed by atoms with E-state index in [0.717, 1.165) is 44.9 Å². The molecule has 0 spiro atoms. The Morgan fingerprint density at radius 3 is 2.50 bits per heavy atom. The van der Waals surface area contributed by atoms with E-state index in [1.165, 1.54) is 18.1 Å². The zero-order valence-electron chi connectivity index (χ0n) is 27.9. The van der Waals surface area contributed by atoms with Gasteiger partial charge in [-0.3, -0.25) is 4.79 Å². The highest BCUT2D eigenvalue weighted by molar-refractivity contribution is 5.66. The first-order valence-electron chi connectivity index (χ1n) is 17.2. The summed E-state index contributed by atoms with van der Waals surface area (Å²) in [7, 11) is 0. The Morgan fingerprint density at radius 2 is 1.84 bits per heavy atom. The Hall–Kier alpha value is -1.29. The predicted molar refractivity (Wildman–Crippen MR) is 167 cm³/mol. The third kappa shape index (κ3) is 5.97. The van der Waals surface area contributed by atoms with Gasteiger partial charge >= 0.3 is 5.97 Å². The molecule has 1 heterocycles. The van der Waals surface area contributed by atoms with Crippen molar-refractivity contribution in [3.8, 4) is 0 Å². The van der Waals surface area contributed by atoms with Crippen LogP contribution < -0.4 is 0 Å². The van der Waals surface area contributed by atoms with E-state index in [1.54, 1.807) is 6.92 Å². The summed E-state index contributed by atoms with van der Waals surface area (Å²) in [5.41, 5.74) is 2.30. The van der Waals surface area contributed by atoms with Gasteiger partial charge in [-0.2, -0.15) is 0 Å². The molecule has 5 rings (SSSR count).